The number of hydrogen-bond acceptors (Lipinski definition) is 3. The molecule has 1 saturated heterocycles. The lowest BCUT2D eigenvalue weighted by molar-refractivity contribution is 0.252. The van der Waals surface area contributed by atoms with Crippen LogP contribution in [0.3, 0.4) is 0 Å². The first-order valence-electron chi connectivity index (χ1n) is 7.04. The third kappa shape index (κ3) is 2.84. The van der Waals surface area contributed by atoms with Crippen LogP contribution in [-0.4, -0.2) is 28.9 Å². The van der Waals surface area contributed by atoms with E-state index in [2.05, 4.69) is 22.7 Å². The van der Waals surface area contributed by atoms with E-state index in [-0.39, 0.29) is 12.1 Å². The van der Waals surface area contributed by atoms with E-state index in [0.717, 1.165) is 23.5 Å². The zero-order valence-corrected chi connectivity index (χ0v) is 12.2. The van der Waals surface area contributed by atoms with Crippen molar-refractivity contribution < 1.29 is 4.79 Å². The van der Waals surface area contributed by atoms with Gasteiger partial charge in [-0.25, -0.2) is 4.79 Å². The van der Waals surface area contributed by atoms with Crippen LogP contribution in [0.4, 0.5) is 16.2 Å². The fourth-order valence-electron chi connectivity index (χ4n) is 2.45. The van der Waals surface area contributed by atoms with Crippen LogP contribution in [-0.2, 0) is 7.05 Å². The Labute approximate surface area is 123 Å². The van der Waals surface area contributed by atoms with Gasteiger partial charge in [0.1, 0.15) is 0 Å². The van der Waals surface area contributed by atoms with Crippen molar-refractivity contribution in [2.75, 3.05) is 23.3 Å². The van der Waals surface area contributed by atoms with Gasteiger partial charge in [0.25, 0.3) is 0 Å². The molecule has 1 aliphatic heterocycles. The van der Waals surface area contributed by atoms with Gasteiger partial charge in [0.2, 0.25) is 0 Å². The molecular weight excluding hydrogens is 266 g/mol. The largest absolute Gasteiger partial charge is 0.378 e. The summed E-state index contributed by atoms with van der Waals surface area (Å²) in [5.41, 5.74) is 3.08. The smallest absolute Gasteiger partial charge is 0.321 e. The number of rotatable bonds is 4. The van der Waals surface area contributed by atoms with Crippen LogP contribution >= 0.6 is 0 Å². The van der Waals surface area contributed by atoms with Gasteiger partial charge >= 0.3 is 6.03 Å². The summed E-state index contributed by atoms with van der Waals surface area (Å²) < 4.78 is 1.79. The van der Waals surface area contributed by atoms with Gasteiger partial charge < -0.3 is 10.6 Å². The number of aryl methyl sites for hydroxylation is 1. The minimum Gasteiger partial charge on any atom is -0.378 e. The number of benzene rings is 1. The molecule has 2 heterocycles. The Balaban J connectivity index is 1.68. The van der Waals surface area contributed by atoms with Gasteiger partial charge in [-0.3, -0.25) is 9.58 Å². The molecule has 0 spiro atoms. The van der Waals surface area contributed by atoms with Crippen molar-refractivity contribution in [2.24, 2.45) is 7.05 Å². The van der Waals surface area contributed by atoms with E-state index in [0.29, 0.717) is 6.54 Å². The molecule has 1 aliphatic rings. The van der Waals surface area contributed by atoms with Gasteiger partial charge in [-0.2, -0.15) is 5.10 Å². The van der Waals surface area contributed by atoms with Crippen LogP contribution < -0.4 is 15.5 Å². The molecule has 0 aliphatic carbocycles. The normalized spacial score (nSPS) is 15.9. The maximum absolute atomic E-state index is 11.6. The van der Waals surface area contributed by atoms with Gasteiger partial charge in [-0.15, -0.1) is 0 Å². The highest BCUT2D eigenvalue weighted by Crippen LogP contribution is 2.23. The Bertz CT molecular complexity index is 634. The predicted molar refractivity (Wildman–Crippen MR) is 82.4 cm³/mol. The number of hydrogen-bond donors (Lipinski definition) is 2. The summed E-state index contributed by atoms with van der Waals surface area (Å²) in [6, 6.07) is 8.06. The molecule has 1 aromatic carbocycles. The maximum Gasteiger partial charge on any atom is 0.321 e. The summed E-state index contributed by atoms with van der Waals surface area (Å²) in [6.45, 7) is 3.52. The molecule has 21 heavy (non-hydrogen) atoms. The minimum absolute atomic E-state index is 0.0283. The quantitative estimate of drug-likeness (QED) is 0.904. The number of amides is 2. The van der Waals surface area contributed by atoms with Gasteiger partial charge in [-0.05, 0) is 31.2 Å². The third-order valence-corrected chi connectivity index (χ3v) is 3.64. The first kappa shape index (κ1) is 13.5. The van der Waals surface area contributed by atoms with Crippen LogP contribution in [0.2, 0.25) is 0 Å². The first-order valence-corrected chi connectivity index (χ1v) is 7.04. The Hall–Kier alpha value is -2.50. The summed E-state index contributed by atoms with van der Waals surface area (Å²) in [6.07, 6.45) is 3.86. The van der Waals surface area contributed by atoms with Crippen LogP contribution in [0.15, 0.2) is 36.7 Å². The van der Waals surface area contributed by atoms with Crippen molar-refractivity contribution in [2.45, 2.75) is 13.0 Å². The molecule has 2 aromatic rings. The second-order valence-electron chi connectivity index (χ2n) is 5.24. The van der Waals surface area contributed by atoms with Crippen LogP contribution in [0.1, 0.15) is 18.5 Å². The second kappa shape index (κ2) is 5.47. The van der Waals surface area contributed by atoms with Gasteiger partial charge in [0.05, 0.1) is 12.2 Å². The van der Waals surface area contributed by atoms with E-state index in [1.54, 1.807) is 9.58 Å². The van der Waals surface area contributed by atoms with Crippen molar-refractivity contribution in [3.8, 4) is 0 Å². The van der Waals surface area contributed by atoms with E-state index >= 15 is 0 Å². The highest BCUT2D eigenvalue weighted by Gasteiger charge is 2.20. The summed E-state index contributed by atoms with van der Waals surface area (Å²) >= 11 is 0. The van der Waals surface area contributed by atoms with Crippen LogP contribution in [0, 0.1) is 0 Å². The van der Waals surface area contributed by atoms with E-state index in [1.807, 2.05) is 43.7 Å². The number of nitrogens with one attached hydrogen (secondary N) is 2. The van der Waals surface area contributed by atoms with E-state index in [1.165, 1.54) is 0 Å². The van der Waals surface area contributed by atoms with E-state index in [4.69, 9.17) is 0 Å². The summed E-state index contributed by atoms with van der Waals surface area (Å²) in [5.74, 6) is 0. The first-order chi connectivity index (χ1) is 10.1. The molecule has 1 aromatic heterocycles. The zero-order chi connectivity index (χ0) is 14.8. The molecule has 0 bridgehead atoms. The molecular formula is C15H19N5O. The Morgan fingerprint density at radius 3 is 2.67 bits per heavy atom. The summed E-state index contributed by atoms with van der Waals surface area (Å²) in [7, 11) is 1.91. The highest BCUT2D eigenvalue weighted by atomic mass is 16.2. The Morgan fingerprint density at radius 2 is 2.10 bits per heavy atom. The monoisotopic (exact) mass is 285 g/mol. The average molecular weight is 285 g/mol. The molecule has 1 unspecified atom stereocenters. The number of carbonyl (C=O) groups is 1. The molecule has 110 valence electrons. The van der Waals surface area contributed by atoms with Crippen molar-refractivity contribution in [1.29, 1.82) is 0 Å². The molecule has 0 radical (unpaired) electrons. The number of nitrogens with zero attached hydrogens (tertiary/aromatic N) is 3. The molecule has 1 fully saturated rings. The molecule has 2 N–H and O–H groups in total. The molecule has 6 heteroatoms. The molecule has 1 atom stereocenters. The van der Waals surface area contributed by atoms with Crippen LogP contribution in [0.25, 0.3) is 0 Å². The van der Waals surface area contributed by atoms with Crippen molar-refractivity contribution in [3.05, 3.63) is 42.2 Å². The average Bonchev–Trinajstić information content (AvgIpc) is 3.08. The Morgan fingerprint density at radius 1 is 1.33 bits per heavy atom. The molecule has 0 saturated carbocycles. The summed E-state index contributed by atoms with van der Waals surface area (Å²) in [4.78, 5) is 13.4. The predicted octanol–water partition coefficient (Wildman–Crippen LogP) is 2.12. The number of urea groups is 1. The number of anilines is 2. The van der Waals surface area contributed by atoms with Gasteiger partial charge in [0.15, 0.2) is 0 Å². The fraction of sp³-hybridized carbons (Fsp3) is 0.333. The SMILES string of the molecule is CC(Nc1ccc(N2CCNC2=O)cc1)c1cnn(C)c1. The van der Waals surface area contributed by atoms with Crippen LogP contribution in [0.5, 0.6) is 0 Å². The summed E-state index contributed by atoms with van der Waals surface area (Å²) in [5, 5.41) is 10.4. The Kier molecular flexibility index (Phi) is 3.51. The lowest BCUT2D eigenvalue weighted by Crippen LogP contribution is -2.27. The molecule has 6 nitrogen and oxygen atoms in total. The molecule has 2 amide bonds. The second-order valence-corrected chi connectivity index (χ2v) is 5.24. The standard InChI is InChI=1S/C15H19N5O/c1-11(12-9-17-19(2)10-12)18-13-3-5-14(6-4-13)20-8-7-16-15(20)21/h3-6,9-11,18H,7-8H2,1-2H3,(H,16,21). The number of carbonyl (C=O) groups excluding carboxylic acids is 1. The van der Waals surface area contributed by atoms with Gasteiger partial charge in [-0.1, -0.05) is 0 Å². The topological polar surface area (TPSA) is 62.2 Å². The van der Waals surface area contributed by atoms with E-state index < -0.39 is 0 Å². The molecule has 3 rings (SSSR count). The van der Waals surface area contributed by atoms with Gasteiger partial charge in [0, 0.05) is 43.3 Å². The van der Waals surface area contributed by atoms with E-state index in [9.17, 15) is 4.79 Å². The van der Waals surface area contributed by atoms with Crippen molar-refractivity contribution in [3.63, 3.8) is 0 Å². The minimum atomic E-state index is -0.0283. The van der Waals surface area contributed by atoms with Crippen molar-refractivity contribution >= 4 is 17.4 Å². The maximum atomic E-state index is 11.6. The highest BCUT2D eigenvalue weighted by molar-refractivity contribution is 5.94. The lowest BCUT2D eigenvalue weighted by Gasteiger charge is -2.17. The zero-order valence-electron chi connectivity index (χ0n) is 12.2. The fourth-order valence-corrected chi connectivity index (χ4v) is 2.45. The lowest BCUT2D eigenvalue weighted by atomic mass is 10.1. The number of aromatic nitrogens is 2. The van der Waals surface area contributed by atoms with Crippen molar-refractivity contribution in [1.82, 2.24) is 15.1 Å². The third-order valence-electron chi connectivity index (χ3n) is 3.64.